The van der Waals surface area contributed by atoms with Crippen molar-refractivity contribution in [3.8, 4) is 22.6 Å². The number of aromatic carboxylic acids is 1. The highest BCUT2D eigenvalue weighted by Gasteiger charge is 2.17. The van der Waals surface area contributed by atoms with E-state index in [4.69, 9.17) is 15.2 Å². The molecule has 3 N–H and O–H groups in total. The summed E-state index contributed by atoms with van der Waals surface area (Å²) in [6.07, 6.45) is 0. The molecule has 0 radical (unpaired) electrons. The summed E-state index contributed by atoms with van der Waals surface area (Å²) in [5.41, 5.74) is 7.42. The number of anilines is 1. The molecule has 2 aromatic heterocycles. The van der Waals surface area contributed by atoms with Crippen molar-refractivity contribution in [2.45, 2.75) is 0 Å². The number of hydrogen-bond donors (Lipinski definition) is 2. The Morgan fingerprint density at radius 1 is 1.17 bits per heavy atom. The summed E-state index contributed by atoms with van der Waals surface area (Å²) < 4.78 is 11.7. The van der Waals surface area contributed by atoms with Gasteiger partial charge >= 0.3 is 5.97 Å². The predicted molar refractivity (Wildman–Crippen MR) is 82.9 cm³/mol. The maximum absolute atomic E-state index is 11.3. The first-order chi connectivity index (χ1) is 11.0. The second-order valence-corrected chi connectivity index (χ2v) is 4.71. The molecule has 0 saturated carbocycles. The fourth-order valence-electron chi connectivity index (χ4n) is 2.37. The van der Waals surface area contributed by atoms with Crippen molar-refractivity contribution < 1.29 is 19.4 Å². The third-order valence-electron chi connectivity index (χ3n) is 3.41. The zero-order chi connectivity index (χ0) is 16.6. The van der Waals surface area contributed by atoms with Crippen molar-refractivity contribution in [2.75, 3.05) is 20.0 Å². The number of ether oxygens (including phenoxy) is 2. The molecule has 0 amide bonds. The molecule has 23 heavy (non-hydrogen) atoms. The zero-order valence-electron chi connectivity index (χ0n) is 12.5. The molecular weight excluding hydrogens is 300 g/mol. The van der Waals surface area contributed by atoms with Crippen molar-refractivity contribution in [2.24, 2.45) is 0 Å². The molecule has 8 nitrogen and oxygen atoms in total. The summed E-state index contributed by atoms with van der Waals surface area (Å²) in [6.45, 7) is 0. The lowest BCUT2D eigenvalue weighted by Gasteiger charge is -2.10. The molecule has 0 aliphatic heterocycles. The lowest BCUT2D eigenvalue weighted by Crippen LogP contribution is -2.07. The summed E-state index contributed by atoms with van der Waals surface area (Å²) in [5, 5.41) is 13.2. The lowest BCUT2D eigenvalue weighted by molar-refractivity contribution is 0.0687. The Morgan fingerprint density at radius 2 is 1.91 bits per heavy atom. The summed E-state index contributed by atoms with van der Waals surface area (Å²) in [5.74, 6) is 0.0348. The van der Waals surface area contributed by atoms with Crippen LogP contribution in [0.4, 0.5) is 5.95 Å². The Balaban J connectivity index is 2.25. The summed E-state index contributed by atoms with van der Waals surface area (Å²) >= 11 is 0. The number of nitrogen functional groups attached to an aromatic ring is 1. The number of carbonyl (C=O) groups is 1. The number of pyridine rings is 1. The Hall–Kier alpha value is -3.29. The van der Waals surface area contributed by atoms with Crippen molar-refractivity contribution in [3.05, 3.63) is 36.0 Å². The molecule has 3 rings (SSSR count). The van der Waals surface area contributed by atoms with Crippen LogP contribution in [-0.4, -0.2) is 39.9 Å². The second-order valence-electron chi connectivity index (χ2n) is 4.71. The van der Waals surface area contributed by atoms with Gasteiger partial charge in [-0.1, -0.05) is 6.07 Å². The van der Waals surface area contributed by atoms with Gasteiger partial charge in [0.15, 0.2) is 22.8 Å². The van der Waals surface area contributed by atoms with Gasteiger partial charge in [0.25, 0.3) is 0 Å². The van der Waals surface area contributed by atoms with Gasteiger partial charge in [0.05, 0.1) is 14.2 Å². The average Bonchev–Trinajstić information content (AvgIpc) is 2.94. The molecule has 0 spiro atoms. The van der Waals surface area contributed by atoms with Gasteiger partial charge in [-0.25, -0.2) is 9.31 Å². The minimum Gasteiger partial charge on any atom is -0.493 e. The normalized spacial score (nSPS) is 10.7. The van der Waals surface area contributed by atoms with E-state index >= 15 is 0 Å². The Labute approximate surface area is 131 Å². The first-order valence-corrected chi connectivity index (χ1v) is 6.66. The van der Waals surface area contributed by atoms with Gasteiger partial charge in [-0.05, 0) is 29.8 Å². The average molecular weight is 314 g/mol. The van der Waals surface area contributed by atoms with Crippen LogP contribution in [0.1, 0.15) is 10.5 Å². The van der Waals surface area contributed by atoms with Crippen molar-refractivity contribution in [3.63, 3.8) is 0 Å². The smallest absolute Gasteiger partial charge is 0.354 e. The maximum Gasteiger partial charge on any atom is 0.354 e. The fraction of sp³-hybridized carbons (Fsp3) is 0.133. The van der Waals surface area contributed by atoms with Crippen LogP contribution in [0, 0.1) is 0 Å². The molecule has 0 bridgehead atoms. The number of benzene rings is 1. The molecule has 2 heterocycles. The molecular formula is C15H14N4O4. The molecule has 3 aromatic rings. The number of hydrogen-bond acceptors (Lipinski definition) is 6. The number of carboxylic acids is 1. The van der Waals surface area contributed by atoms with E-state index in [2.05, 4.69) is 10.1 Å². The molecule has 0 fully saturated rings. The lowest BCUT2D eigenvalue weighted by atomic mass is 10.1. The van der Waals surface area contributed by atoms with E-state index in [1.54, 1.807) is 32.4 Å². The van der Waals surface area contributed by atoms with Gasteiger partial charge in [0.1, 0.15) is 0 Å². The van der Waals surface area contributed by atoms with Crippen molar-refractivity contribution in [1.29, 1.82) is 0 Å². The summed E-state index contributed by atoms with van der Waals surface area (Å²) in [7, 11) is 3.09. The van der Waals surface area contributed by atoms with Gasteiger partial charge < -0.3 is 20.3 Å². The van der Waals surface area contributed by atoms with Crippen LogP contribution < -0.4 is 15.2 Å². The van der Waals surface area contributed by atoms with Gasteiger partial charge in [-0.3, -0.25) is 0 Å². The predicted octanol–water partition coefficient (Wildman–Crippen LogP) is 1.69. The molecule has 0 saturated heterocycles. The van der Waals surface area contributed by atoms with E-state index in [1.165, 1.54) is 10.6 Å². The number of nitrogens with two attached hydrogens (primary N) is 1. The van der Waals surface area contributed by atoms with E-state index in [9.17, 15) is 9.90 Å². The fourth-order valence-corrected chi connectivity index (χ4v) is 2.37. The standard InChI is InChI=1S/C15H14N4O4/c1-22-11-6-3-8(7-12(11)23-2)9-4-5-10(14(20)21)19-13(9)17-15(16)18-19/h3-7H,1-2H3,(H2,16,18)(H,20,21). The van der Waals surface area contributed by atoms with Crippen LogP contribution in [0.15, 0.2) is 30.3 Å². The highest BCUT2D eigenvalue weighted by Crippen LogP contribution is 2.34. The van der Waals surface area contributed by atoms with Gasteiger partial charge in [0, 0.05) is 5.56 Å². The molecule has 118 valence electrons. The molecule has 0 aliphatic rings. The molecule has 8 heteroatoms. The van der Waals surface area contributed by atoms with Crippen LogP contribution in [0.3, 0.4) is 0 Å². The minimum absolute atomic E-state index is 0.000395. The topological polar surface area (TPSA) is 112 Å². The van der Waals surface area contributed by atoms with Crippen LogP contribution >= 0.6 is 0 Å². The van der Waals surface area contributed by atoms with Crippen molar-refractivity contribution >= 4 is 17.6 Å². The van der Waals surface area contributed by atoms with Gasteiger partial charge in [-0.2, -0.15) is 4.98 Å². The molecule has 0 unspecified atom stereocenters. The van der Waals surface area contributed by atoms with Crippen LogP contribution in [0.5, 0.6) is 11.5 Å². The van der Waals surface area contributed by atoms with E-state index in [1.807, 2.05) is 6.07 Å². The first-order valence-electron chi connectivity index (χ1n) is 6.66. The molecule has 0 aliphatic carbocycles. The molecule has 1 aromatic carbocycles. The number of carboxylic acid groups (broad SMARTS) is 1. The Bertz CT molecular complexity index is 904. The quantitative estimate of drug-likeness (QED) is 0.753. The second kappa shape index (κ2) is 5.48. The Morgan fingerprint density at radius 3 is 2.57 bits per heavy atom. The first kappa shape index (κ1) is 14.6. The number of methoxy groups -OCH3 is 2. The third kappa shape index (κ3) is 2.39. The third-order valence-corrected chi connectivity index (χ3v) is 3.41. The largest absolute Gasteiger partial charge is 0.493 e. The number of fused-ring (bicyclic) bond motifs is 1. The zero-order valence-corrected chi connectivity index (χ0v) is 12.5. The van der Waals surface area contributed by atoms with Gasteiger partial charge in [0.2, 0.25) is 5.95 Å². The van der Waals surface area contributed by atoms with E-state index in [0.29, 0.717) is 22.7 Å². The van der Waals surface area contributed by atoms with Gasteiger partial charge in [-0.15, -0.1) is 5.10 Å². The monoisotopic (exact) mass is 314 g/mol. The molecule has 0 atom stereocenters. The summed E-state index contributed by atoms with van der Waals surface area (Å²) in [4.78, 5) is 15.4. The van der Waals surface area contributed by atoms with Crippen LogP contribution in [0.2, 0.25) is 0 Å². The number of aromatic nitrogens is 3. The van der Waals surface area contributed by atoms with E-state index < -0.39 is 5.97 Å². The van der Waals surface area contributed by atoms with Crippen LogP contribution in [0.25, 0.3) is 16.8 Å². The van der Waals surface area contributed by atoms with Crippen LogP contribution in [-0.2, 0) is 0 Å². The van der Waals surface area contributed by atoms with E-state index in [0.717, 1.165) is 5.56 Å². The van der Waals surface area contributed by atoms with E-state index in [-0.39, 0.29) is 11.6 Å². The minimum atomic E-state index is -1.11. The summed E-state index contributed by atoms with van der Waals surface area (Å²) in [6, 6.07) is 8.47. The van der Waals surface area contributed by atoms with Crippen molar-refractivity contribution in [1.82, 2.24) is 14.6 Å². The number of rotatable bonds is 4. The highest BCUT2D eigenvalue weighted by molar-refractivity contribution is 5.89. The SMILES string of the molecule is COc1ccc(-c2ccc(C(=O)O)n3nc(N)nc23)cc1OC. The Kier molecular flexibility index (Phi) is 3.49. The maximum atomic E-state index is 11.3. The highest BCUT2D eigenvalue weighted by atomic mass is 16.5. The number of nitrogens with zero attached hydrogens (tertiary/aromatic N) is 3.